The molecule has 0 fully saturated rings. The fourth-order valence-electron chi connectivity index (χ4n) is 2.61. The lowest BCUT2D eigenvalue weighted by molar-refractivity contribution is -0.385. The predicted octanol–water partition coefficient (Wildman–Crippen LogP) is 4.44. The van der Waals surface area contributed by atoms with Crippen LogP contribution in [0, 0.1) is 30.9 Å². The average molecular weight is 403 g/mol. The van der Waals surface area contributed by atoms with E-state index in [4.69, 9.17) is 0 Å². The summed E-state index contributed by atoms with van der Waals surface area (Å²) >= 11 is 1.54. The molecule has 0 aliphatic rings. The van der Waals surface area contributed by atoms with Gasteiger partial charge in [0.1, 0.15) is 0 Å². The zero-order valence-corrected chi connectivity index (χ0v) is 16.5. The van der Waals surface area contributed by atoms with E-state index in [9.17, 15) is 18.5 Å². The number of thiazole rings is 1. The van der Waals surface area contributed by atoms with Gasteiger partial charge in [0.2, 0.25) is 0 Å². The molecule has 27 heavy (non-hydrogen) atoms. The second kappa shape index (κ2) is 7.09. The first-order valence-electron chi connectivity index (χ1n) is 7.98. The van der Waals surface area contributed by atoms with E-state index in [-0.39, 0.29) is 10.6 Å². The molecule has 140 valence electrons. The molecule has 0 aliphatic carbocycles. The molecule has 1 aromatic heterocycles. The number of anilines is 1. The van der Waals surface area contributed by atoms with Crippen LogP contribution >= 0.6 is 11.3 Å². The average Bonchev–Trinajstić information content (AvgIpc) is 3.03. The highest BCUT2D eigenvalue weighted by atomic mass is 32.2. The molecule has 2 aromatic carbocycles. The van der Waals surface area contributed by atoms with Crippen molar-refractivity contribution in [2.24, 2.45) is 0 Å². The molecule has 1 N–H and O–H groups in total. The fraction of sp³-hybridized carbons (Fsp3) is 0.167. The minimum Gasteiger partial charge on any atom is -0.280 e. The van der Waals surface area contributed by atoms with Crippen LogP contribution in [0.2, 0.25) is 0 Å². The highest BCUT2D eigenvalue weighted by molar-refractivity contribution is 7.92. The van der Waals surface area contributed by atoms with Gasteiger partial charge in [-0.25, -0.2) is 13.4 Å². The Morgan fingerprint density at radius 3 is 2.33 bits per heavy atom. The Morgan fingerprint density at radius 1 is 1.11 bits per heavy atom. The summed E-state index contributed by atoms with van der Waals surface area (Å²) in [4.78, 5) is 14.8. The van der Waals surface area contributed by atoms with Crippen LogP contribution in [0.4, 0.5) is 11.4 Å². The van der Waals surface area contributed by atoms with E-state index in [1.807, 2.05) is 12.3 Å². The number of non-ortho nitro benzene ring substituents is 1. The Hall–Kier alpha value is -2.78. The quantitative estimate of drug-likeness (QED) is 0.501. The Morgan fingerprint density at radius 2 is 1.78 bits per heavy atom. The second-order valence-electron chi connectivity index (χ2n) is 6.08. The summed E-state index contributed by atoms with van der Waals surface area (Å²) in [5.41, 5.74) is 2.84. The molecule has 3 rings (SSSR count). The Labute approximate surface area is 160 Å². The van der Waals surface area contributed by atoms with Gasteiger partial charge >= 0.3 is 0 Å². The molecule has 0 amide bonds. The van der Waals surface area contributed by atoms with Gasteiger partial charge < -0.3 is 0 Å². The van der Waals surface area contributed by atoms with Crippen molar-refractivity contribution in [1.82, 2.24) is 4.98 Å². The molecule has 3 aromatic rings. The highest BCUT2D eigenvalue weighted by Gasteiger charge is 2.22. The van der Waals surface area contributed by atoms with Gasteiger partial charge in [0.25, 0.3) is 15.7 Å². The minimum absolute atomic E-state index is 0.103. The molecule has 0 spiro atoms. The van der Waals surface area contributed by atoms with Crippen molar-refractivity contribution in [2.75, 3.05) is 4.72 Å². The minimum atomic E-state index is -3.96. The molecule has 0 radical (unpaired) electrons. The van der Waals surface area contributed by atoms with E-state index < -0.39 is 14.9 Å². The van der Waals surface area contributed by atoms with Crippen molar-refractivity contribution in [3.63, 3.8) is 0 Å². The summed E-state index contributed by atoms with van der Waals surface area (Å²) in [5.74, 6) is 0. The van der Waals surface area contributed by atoms with Crippen LogP contribution in [0.1, 0.15) is 16.1 Å². The van der Waals surface area contributed by atoms with Gasteiger partial charge in [-0.2, -0.15) is 0 Å². The van der Waals surface area contributed by atoms with Crippen molar-refractivity contribution in [1.29, 1.82) is 0 Å². The summed E-state index contributed by atoms with van der Waals surface area (Å²) in [6.07, 6.45) is 0. The third-order valence-corrected chi connectivity index (χ3v) is 6.44. The zero-order valence-electron chi connectivity index (χ0n) is 14.9. The zero-order chi connectivity index (χ0) is 19.8. The van der Waals surface area contributed by atoms with Gasteiger partial charge in [0, 0.05) is 28.8 Å². The summed E-state index contributed by atoms with van der Waals surface area (Å²) in [5, 5.41) is 13.9. The van der Waals surface area contributed by atoms with Gasteiger partial charge in [-0.3, -0.25) is 14.8 Å². The Balaban J connectivity index is 1.92. The van der Waals surface area contributed by atoms with Gasteiger partial charge in [-0.1, -0.05) is 12.1 Å². The summed E-state index contributed by atoms with van der Waals surface area (Å²) in [6, 6.07) is 9.27. The van der Waals surface area contributed by atoms with E-state index >= 15 is 0 Å². The largest absolute Gasteiger partial charge is 0.280 e. The summed E-state index contributed by atoms with van der Waals surface area (Å²) in [7, 11) is -3.96. The number of sulfonamides is 1. The Bertz CT molecular complexity index is 1120. The number of nitrogens with one attached hydrogen (secondary N) is 1. The number of hydrogen-bond donors (Lipinski definition) is 1. The van der Waals surface area contributed by atoms with Gasteiger partial charge in [0.05, 0.1) is 20.5 Å². The maximum absolute atomic E-state index is 12.8. The SMILES string of the molecule is Cc1nc(-c2ccc(NS(=O)(=O)c3cc([N+](=O)[O-])cc(C)c3C)cc2)cs1. The molecule has 0 saturated carbocycles. The molecule has 1 heterocycles. The van der Waals surface area contributed by atoms with Crippen LogP contribution in [0.3, 0.4) is 0 Å². The molecule has 0 aliphatic heterocycles. The Kier molecular flexibility index (Phi) is 4.99. The van der Waals surface area contributed by atoms with Gasteiger partial charge in [-0.15, -0.1) is 11.3 Å². The first kappa shape index (κ1) is 19.0. The van der Waals surface area contributed by atoms with Crippen LogP contribution in [-0.4, -0.2) is 18.3 Å². The molecular weight excluding hydrogens is 386 g/mol. The maximum atomic E-state index is 12.8. The van der Waals surface area contributed by atoms with Crippen molar-refractivity contribution in [3.8, 4) is 11.3 Å². The molecule has 0 atom stereocenters. The summed E-state index contributed by atoms with van der Waals surface area (Å²) in [6.45, 7) is 5.19. The van der Waals surface area contributed by atoms with E-state index in [1.165, 1.54) is 17.4 Å². The maximum Gasteiger partial charge on any atom is 0.271 e. The predicted molar refractivity (Wildman–Crippen MR) is 106 cm³/mol. The number of benzene rings is 2. The van der Waals surface area contributed by atoms with Crippen LogP contribution < -0.4 is 4.72 Å². The smallest absolute Gasteiger partial charge is 0.271 e. The van der Waals surface area contributed by atoms with Crippen molar-refractivity contribution in [2.45, 2.75) is 25.7 Å². The number of hydrogen-bond acceptors (Lipinski definition) is 6. The molecule has 9 heteroatoms. The summed E-state index contributed by atoms with van der Waals surface area (Å²) < 4.78 is 28.0. The third-order valence-electron chi connectivity index (χ3n) is 4.16. The van der Waals surface area contributed by atoms with Gasteiger partial charge in [0.15, 0.2) is 0 Å². The number of aromatic nitrogens is 1. The van der Waals surface area contributed by atoms with Crippen molar-refractivity contribution < 1.29 is 13.3 Å². The van der Waals surface area contributed by atoms with Crippen LogP contribution in [0.25, 0.3) is 11.3 Å². The van der Waals surface area contributed by atoms with E-state index in [1.54, 1.807) is 38.1 Å². The number of nitro benzene ring substituents is 1. The number of aryl methyl sites for hydroxylation is 2. The van der Waals surface area contributed by atoms with Crippen LogP contribution in [0.5, 0.6) is 0 Å². The van der Waals surface area contributed by atoms with E-state index in [0.717, 1.165) is 22.3 Å². The third kappa shape index (κ3) is 3.99. The highest BCUT2D eigenvalue weighted by Crippen LogP contribution is 2.28. The fourth-order valence-corrected chi connectivity index (χ4v) is 4.63. The van der Waals surface area contributed by atoms with E-state index in [2.05, 4.69) is 9.71 Å². The first-order chi connectivity index (χ1) is 12.7. The van der Waals surface area contributed by atoms with E-state index in [0.29, 0.717) is 16.8 Å². The lowest BCUT2D eigenvalue weighted by Crippen LogP contribution is -2.15. The molecule has 0 bridgehead atoms. The number of nitro groups is 1. The molecule has 7 nitrogen and oxygen atoms in total. The van der Waals surface area contributed by atoms with Crippen LogP contribution in [-0.2, 0) is 10.0 Å². The standard InChI is InChI=1S/C18H17N3O4S2/c1-11-8-16(21(22)23)9-18(12(11)2)27(24,25)20-15-6-4-14(5-7-15)17-10-26-13(3)19-17/h4-10,20H,1-3H3. The van der Waals surface area contributed by atoms with Crippen LogP contribution in [0.15, 0.2) is 46.7 Å². The molecule has 0 saturated heterocycles. The molecular formula is C18H17N3O4S2. The van der Waals surface area contributed by atoms with Crippen molar-refractivity contribution >= 4 is 32.7 Å². The normalized spacial score (nSPS) is 11.4. The van der Waals surface area contributed by atoms with Gasteiger partial charge in [-0.05, 0) is 44.0 Å². The number of nitrogens with zero attached hydrogens (tertiary/aromatic N) is 2. The lowest BCUT2D eigenvalue weighted by atomic mass is 10.1. The topological polar surface area (TPSA) is 102 Å². The first-order valence-corrected chi connectivity index (χ1v) is 10.3. The lowest BCUT2D eigenvalue weighted by Gasteiger charge is -2.12. The van der Waals surface area contributed by atoms with Crippen molar-refractivity contribution in [3.05, 3.63) is 68.0 Å². The molecule has 0 unspecified atom stereocenters. The monoisotopic (exact) mass is 403 g/mol. The number of rotatable bonds is 5. The second-order valence-corrected chi connectivity index (χ2v) is 8.79.